The summed E-state index contributed by atoms with van der Waals surface area (Å²) in [6, 6.07) is 8.77. The number of para-hydroxylation sites is 1. The van der Waals surface area contributed by atoms with Gasteiger partial charge in [0.15, 0.2) is 11.3 Å². The summed E-state index contributed by atoms with van der Waals surface area (Å²) >= 11 is 0. The van der Waals surface area contributed by atoms with Crippen LogP contribution in [0.5, 0.6) is 17.2 Å². The van der Waals surface area contributed by atoms with Crippen molar-refractivity contribution >= 4 is 11.0 Å². The maximum Gasteiger partial charge on any atom is 0.344 e. The topological polar surface area (TPSA) is 90.9 Å². The largest absolute Gasteiger partial charge is 0.508 e. The number of phenolic OH excluding ortho intramolecular Hbond substituents is 3. The van der Waals surface area contributed by atoms with E-state index in [-0.39, 0.29) is 34.0 Å². The van der Waals surface area contributed by atoms with E-state index in [1.54, 1.807) is 19.1 Å². The van der Waals surface area contributed by atoms with Gasteiger partial charge in [0, 0.05) is 17.0 Å². The standard InChI is InChI=1S/C16H12O5/c1-8-10-3-2-4-12(18)15(10)21-16(20)14(8)11-6-5-9(17)7-13(11)19/h2-7,17-19H,1H3. The number of benzene rings is 2. The van der Waals surface area contributed by atoms with Crippen molar-refractivity contribution in [2.75, 3.05) is 0 Å². The highest BCUT2D eigenvalue weighted by molar-refractivity contribution is 5.90. The van der Waals surface area contributed by atoms with Crippen LogP contribution in [0.15, 0.2) is 45.6 Å². The first-order chi connectivity index (χ1) is 9.99. The summed E-state index contributed by atoms with van der Waals surface area (Å²) in [6.07, 6.45) is 0. The third-order valence-corrected chi connectivity index (χ3v) is 3.42. The zero-order valence-electron chi connectivity index (χ0n) is 11.1. The molecule has 0 bridgehead atoms. The number of aromatic hydroxyl groups is 3. The highest BCUT2D eigenvalue weighted by atomic mass is 16.4. The number of fused-ring (bicyclic) bond motifs is 1. The summed E-state index contributed by atoms with van der Waals surface area (Å²) in [7, 11) is 0. The minimum Gasteiger partial charge on any atom is -0.508 e. The molecule has 2 aromatic carbocycles. The molecule has 0 spiro atoms. The van der Waals surface area contributed by atoms with E-state index < -0.39 is 5.63 Å². The number of aryl methyl sites for hydroxylation is 1. The molecule has 3 rings (SSSR count). The second-order valence-corrected chi connectivity index (χ2v) is 4.74. The van der Waals surface area contributed by atoms with E-state index in [1.165, 1.54) is 18.2 Å². The molecule has 0 aliphatic heterocycles. The molecule has 5 nitrogen and oxygen atoms in total. The highest BCUT2D eigenvalue weighted by Crippen LogP contribution is 2.35. The van der Waals surface area contributed by atoms with Crippen molar-refractivity contribution < 1.29 is 19.7 Å². The maximum absolute atomic E-state index is 12.2. The Morgan fingerprint density at radius 2 is 1.76 bits per heavy atom. The maximum atomic E-state index is 12.2. The van der Waals surface area contributed by atoms with Gasteiger partial charge in [-0.3, -0.25) is 0 Å². The van der Waals surface area contributed by atoms with E-state index >= 15 is 0 Å². The summed E-state index contributed by atoms with van der Waals surface area (Å²) in [6.45, 7) is 1.71. The van der Waals surface area contributed by atoms with E-state index in [1.807, 2.05) is 0 Å². The summed E-state index contributed by atoms with van der Waals surface area (Å²) in [5.41, 5.74) is 0.498. The van der Waals surface area contributed by atoms with E-state index in [0.717, 1.165) is 6.07 Å². The van der Waals surface area contributed by atoms with Gasteiger partial charge < -0.3 is 19.7 Å². The van der Waals surface area contributed by atoms with Crippen LogP contribution in [0.25, 0.3) is 22.1 Å². The Morgan fingerprint density at radius 1 is 1.00 bits per heavy atom. The Kier molecular flexibility index (Phi) is 2.83. The van der Waals surface area contributed by atoms with Gasteiger partial charge in [0.05, 0.1) is 5.56 Å². The summed E-state index contributed by atoms with van der Waals surface area (Å²) in [5.74, 6) is -0.434. The molecule has 0 saturated heterocycles. The van der Waals surface area contributed by atoms with Crippen molar-refractivity contribution in [1.29, 1.82) is 0 Å². The van der Waals surface area contributed by atoms with Gasteiger partial charge in [-0.15, -0.1) is 0 Å². The molecule has 0 saturated carbocycles. The number of rotatable bonds is 1. The molecular weight excluding hydrogens is 272 g/mol. The lowest BCUT2D eigenvalue weighted by molar-refractivity contribution is 0.450. The van der Waals surface area contributed by atoms with Crippen LogP contribution in [0.2, 0.25) is 0 Å². The number of hydrogen-bond donors (Lipinski definition) is 3. The zero-order chi connectivity index (χ0) is 15.1. The van der Waals surface area contributed by atoms with Gasteiger partial charge in [0.1, 0.15) is 11.5 Å². The third-order valence-electron chi connectivity index (χ3n) is 3.42. The van der Waals surface area contributed by atoms with E-state index in [0.29, 0.717) is 10.9 Å². The lowest BCUT2D eigenvalue weighted by atomic mass is 9.98. The van der Waals surface area contributed by atoms with E-state index in [4.69, 9.17) is 4.42 Å². The van der Waals surface area contributed by atoms with E-state index in [9.17, 15) is 20.1 Å². The average molecular weight is 284 g/mol. The first-order valence-electron chi connectivity index (χ1n) is 6.27. The first kappa shape index (κ1) is 13.1. The summed E-state index contributed by atoms with van der Waals surface area (Å²) < 4.78 is 5.16. The zero-order valence-corrected chi connectivity index (χ0v) is 11.1. The van der Waals surface area contributed by atoms with Gasteiger partial charge in [0.25, 0.3) is 0 Å². The molecule has 21 heavy (non-hydrogen) atoms. The fraction of sp³-hybridized carbons (Fsp3) is 0.0625. The van der Waals surface area contributed by atoms with Crippen molar-refractivity contribution in [2.24, 2.45) is 0 Å². The second-order valence-electron chi connectivity index (χ2n) is 4.74. The van der Waals surface area contributed by atoms with Crippen molar-refractivity contribution in [2.45, 2.75) is 6.92 Å². The normalized spacial score (nSPS) is 10.9. The Balaban J connectivity index is 2.41. The van der Waals surface area contributed by atoms with Crippen LogP contribution >= 0.6 is 0 Å². The fourth-order valence-electron chi connectivity index (χ4n) is 2.40. The molecule has 0 amide bonds. The van der Waals surface area contributed by atoms with Crippen LogP contribution in [0, 0.1) is 6.92 Å². The second kappa shape index (κ2) is 4.56. The van der Waals surface area contributed by atoms with Crippen LogP contribution in [0.4, 0.5) is 0 Å². The van der Waals surface area contributed by atoms with Crippen LogP contribution in [0.3, 0.4) is 0 Å². The Labute approximate surface area is 119 Å². The molecule has 0 aliphatic rings. The lowest BCUT2D eigenvalue weighted by Crippen LogP contribution is -2.06. The molecule has 3 aromatic rings. The molecule has 0 unspecified atom stereocenters. The van der Waals surface area contributed by atoms with Crippen LogP contribution in [-0.4, -0.2) is 15.3 Å². The van der Waals surface area contributed by atoms with Crippen LogP contribution in [0.1, 0.15) is 5.56 Å². The molecule has 0 radical (unpaired) electrons. The third kappa shape index (κ3) is 1.99. The Morgan fingerprint density at radius 3 is 2.48 bits per heavy atom. The van der Waals surface area contributed by atoms with Gasteiger partial charge in [-0.05, 0) is 30.7 Å². The predicted molar refractivity (Wildman–Crippen MR) is 77.7 cm³/mol. The minimum atomic E-state index is -0.664. The van der Waals surface area contributed by atoms with Crippen molar-refractivity contribution in [1.82, 2.24) is 0 Å². The first-order valence-corrected chi connectivity index (χ1v) is 6.27. The van der Waals surface area contributed by atoms with Crippen LogP contribution < -0.4 is 5.63 Å². The van der Waals surface area contributed by atoms with Gasteiger partial charge in [-0.1, -0.05) is 12.1 Å². The van der Waals surface area contributed by atoms with E-state index in [2.05, 4.69) is 0 Å². The van der Waals surface area contributed by atoms with Gasteiger partial charge in [-0.25, -0.2) is 4.79 Å². The smallest absolute Gasteiger partial charge is 0.344 e. The van der Waals surface area contributed by atoms with Crippen molar-refractivity contribution in [3.05, 3.63) is 52.4 Å². The van der Waals surface area contributed by atoms with Crippen LogP contribution in [-0.2, 0) is 0 Å². The molecule has 1 heterocycles. The molecule has 106 valence electrons. The summed E-state index contributed by atoms with van der Waals surface area (Å²) in [4.78, 5) is 12.2. The average Bonchev–Trinajstić information content (AvgIpc) is 2.42. The number of hydrogen-bond acceptors (Lipinski definition) is 5. The molecule has 0 aliphatic carbocycles. The van der Waals surface area contributed by atoms with Gasteiger partial charge in [0.2, 0.25) is 0 Å². The van der Waals surface area contributed by atoms with Crippen molar-refractivity contribution in [3.8, 4) is 28.4 Å². The number of phenols is 3. The Bertz CT molecular complexity index is 908. The highest BCUT2D eigenvalue weighted by Gasteiger charge is 2.17. The fourth-order valence-corrected chi connectivity index (χ4v) is 2.40. The Hall–Kier alpha value is -2.95. The monoisotopic (exact) mass is 284 g/mol. The molecule has 1 aromatic heterocycles. The van der Waals surface area contributed by atoms with Gasteiger partial charge in [-0.2, -0.15) is 0 Å². The molecule has 5 heteroatoms. The quantitative estimate of drug-likeness (QED) is 0.598. The minimum absolute atomic E-state index is 0.100. The predicted octanol–water partition coefficient (Wildman–Crippen LogP) is 2.89. The molecule has 0 fully saturated rings. The van der Waals surface area contributed by atoms with Crippen molar-refractivity contribution in [3.63, 3.8) is 0 Å². The lowest BCUT2D eigenvalue weighted by Gasteiger charge is -2.10. The SMILES string of the molecule is Cc1c(-c2ccc(O)cc2O)c(=O)oc2c(O)cccc12. The van der Waals surface area contributed by atoms with Gasteiger partial charge >= 0.3 is 5.63 Å². The molecular formula is C16H12O5. The molecule has 0 atom stereocenters. The summed E-state index contributed by atoms with van der Waals surface area (Å²) in [5, 5.41) is 29.6. The molecule has 3 N–H and O–H groups in total.